The van der Waals surface area contributed by atoms with Crippen molar-refractivity contribution >= 4 is 40.5 Å². The van der Waals surface area contributed by atoms with E-state index in [2.05, 4.69) is 10.6 Å². The van der Waals surface area contributed by atoms with E-state index < -0.39 is 0 Å². The van der Waals surface area contributed by atoms with Gasteiger partial charge < -0.3 is 24.3 Å². The summed E-state index contributed by atoms with van der Waals surface area (Å²) in [6, 6.07) is 8.15. The van der Waals surface area contributed by atoms with Crippen LogP contribution >= 0.6 is 23.8 Å². The van der Waals surface area contributed by atoms with Gasteiger partial charge in [0.25, 0.3) is 5.91 Å². The molecule has 0 fully saturated rings. The van der Waals surface area contributed by atoms with E-state index in [1.165, 1.54) is 14.2 Å². The van der Waals surface area contributed by atoms with Crippen LogP contribution in [0.5, 0.6) is 23.0 Å². The number of hydrogen-bond acceptors (Lipinski definition) is 6. The molecule has 0 radical (unpaired) electrons. The molecule has 27 heavy (non-hydrogen) atoms. The van der Waals surface area contributed by atoms with Gasteiger partial charge in [0.15, 0.2) is 16.6 Å². The monoisotopic (exact) mass is 408 g/mol. The Hall–Kier alpha value is -2.71. The Kier molecular flexibility index (Phi) is 5.88. The minimum absolute atomic E-state index is 0.0950. The fraction of sp³-hybridized carbons (Fsp3) is 0.222. The number of fused-ring (bicyclic) bond motifs is 1. The largest absolute Gasteiger partial charge is 0.495 e. The molecule has 2 N–H and O–H groups in total. The van der Waals surface area contributed by atoms with Crippen LogP contribution in [0.25, 0.3) is 0 Å². The van der Waals surface area contributed by atoms with Crippen molar-refractivity contribution in [2.45, 2.75) is 0 Å². The Morgan fingerprint density at radius 3 is 2.48 bits per heavy atom. The topological polar surface area (TPSA) is 78.1 Å². The van der Waals surface area contributed by atoms with Crippen molar-refractivity contribution < 1.29 is 23.7 Å². The van der Waals surface area contributed by atoms with Gasteiger partial charge in [-0.2, -0.15) is 0 Å². The van der Waals surface area contributed by atoms with Gasteiger partial charge in [-0.1, -0.05) is 11.6 Å². The number of hydrogen-bond donors (Lipinski definition) is 2. The summed E-state index contributed by atoms with van der Waals surface area (Å²) in [5.74, 6) is 1.65. The SMILES string of the molecule is COc1cc(NC(=S)NC(=O)c2ccc3c(c2)OCCO3)c(OC)cc1Cl. The second kappa shape index (κ2) is 8.32. The standard InChI is InChI=1S/C18H17ClN2O5S/c1-23-14-9-12(15(24-2)8-11(14)19)20-18(27)21-17(22)10-3-4-13-16(7-10)26-6-5-25-13/h3-4,7-9H,5-6H2,1-2H3,(H2,20,21,22,27). The van der Waals surface area contributed by atoms with Crippen molar-refractivity contribution in [3.8, 4) is 23.0 Å². The number of carbonyl (C=O) groups is 1. The van der Waals surface area contributed by atoms with Gasteiger partial charge in [-0.25, -0.2) is 0 Å². The van der Waals surface area contributed by atoms with E-state index in [4.69, 9.17) is 42.8 Å². The fourth-order valence-corrected chi connectivity index (χ4v) is 2.91. The number of carbonyl (C=O) groups excluding carboxylic acids is 1. The average Bonchev–Trinajstić information content (AvgIpc) is 2.68. The molecule has 1 aliphatic rings. The summed E-state index contributed by atoms with van der Waals surface area (Å²) in [4.78, 5) is 12.5. The van der Waals surface area contributed by atoms with Crippen LogP contribution in [0.1, 0.15) is 10.4 Å². The third-order valence-electron chi connectivity index (χ3n) is 3.75. The van der Waals surface area contributed by atoms with Gasteiger partial charge in [0.2, 0.25) is 0 Å². The van der Waals surface area contributed by atoms with E-state index in [1.54, 1.807) is 30.3 Å². The highest BCUT2D eigenvalue weighted by Crippen LogP contribution is 2.36. The van der Waals surface area contributed by atoms with Crippen LogP contribution < -0.4 is 29.6 Å². The smallest absolute Gasteiger partial charge is 0.257 e. The van der Waals surface area contributed by atoms with Crippen LogP contribution in [-0.4, -0.2) is 38.5 Å². The Morgan fingerprint density at radius 1 is 1.07 bits per heavy atom. The summed E-state index contributed by atoms with van der Waals surface area (Å²) >= 11 is 11.3. The lowest BCUT2D eigenvalue weighted by atomic mass is 10.2. The van der Waals surface area contributed by atoms with Crippen molar-refractivity contribution in [2.75, 3.05) is 32.8 Å². The van der Waals surface area contributed by atoms with Crippen molar-refractivity contribution in [2.24, 2.45) is 0 Å². The third-order valence-corrected chi connectivity index (χ3v) is 4.25. The minimum Gasteiger partial charge on any atom is -0.495 e. The van der Waals surface area contributed by atoms with E-state index in [0.717, 1.165) is 0 Å². The molecule has 1 heterocycles. The molecule has 0 atom stereocenters. The molecule has 2 aromatic carbocycles. The minimum atomic E-state index is -0.385. The van der Waals surface area contributed by atoms with E-state index in [0.29, 0.717) is 52.5 Å². The fourth-order valence-electron chi connectivity index (χ4n) is 2.47. The highest BCUT2D eigenvalue weighted by molar-refractivity contribution is 7.80. The van der Waals surface area contributed by atoms with Gasteiger partial charge in [-0.05, 0) is 30.4 Å². The summed E-state index contributed by atoms with van der Waals surface area (Å²) in [7, 11) is 3.00. The summed E-state index contributed by atoms with van der Waals surface area (Å²) in [5.41, 5.74) is 0.898. The van der Waals surface area contributed by atoms with E-state index >= 15 is 0 Å². The van der Waals surface area contributed by atoms with Crippen LogP contribution in [-0.2, 0) is 0 Å². The number of rotatable bonds is 4. The molecule has 7 nitrogen and oxygen atoms in total. The molecule has 0 spiro atoms. The Labute approximate surface area is 166 Å². The van der Waals surface area contributed by atoms with Gasteiger partial charge >= 0.3 is 0 Å². The van der Waals surface area contributed by atoms with Crippen molar-refractivity contribution in [1.82, 2.24) is 5.32 Å². The van der Waals surface area contributed by atoms with Gasteiger partial charge in [0, 0.05) is 17.7 Å². The molecule has 0 aliphatic carbocycles. The van der Waals surface area contributed by atoms with E-state index in [1.807, 2.05) is 0 Å². The molecule has 142 valence electrons. The number of methoxy groups -OCH3 is 2. The second-order valence-electron chi connectivity index (χ2n) is 5.45. The van der Waals surface area contributed by atoms with Crippen molar-refractivity contribution in [3.05, 3.63) is 40.9 Å². The molecule has 0 aromatic heterocycles. The quantitative estimate of drug-likeness (QED) is 0.752. The van der Waals surface area contributed by atoms with Crippen LogP contribution in [0.3, 0.4) is 0 Å². The van der Waals surface area contributed by atoms with Crippen LogP contribution in [0.2, 0.25) is 5.02 Å². The lowest BCUT2D eigenvalue weighted by Crippen LogP contribution is -2.34. The summed E-state index contributed by atoms with van der Waals surface area (Å²) < 4.78 is 21.4. The highest BCUT2D eigenvalue weighted by atomic mass is 35.5. The first-order chi connectivity index (χ1) is 13.0. The first kappa shape index (κ1) is 19.1. The Bertz CT molecular complexity index is 890. The van der Waals surface area contributed by atoms with Crippen LogP contribution in [0.4, 0.5) is 5.69 Å². The molecule has 1 amide bonds. The zero-order chi connectivity index (χ0) is 19.4. The molecule has 2 aromatic rings. The predicted molar refractivity (Wildman–Crippen MR) is 106 cm³/mol. The molecular weight excluding hydrogens is 392 g/mol. The zero-order valence-electron chi connectivity index (χ0n) is 14.6. The number of thiocarbonyl (C=S) groups is 1. The maximum Gasteiger partial charge on any atom is 0.257 e. The van der Waals surface area contributed by atoms with Gasteiger partial charge in [-0.15, -0.1) is 0 Å². The molecule has 1 aliphatic heterocycles. The predicted octanol–water partition coefficient (Wildman–Crippen LogP) is 3.26. The number of anilines is 1. The molecule has 0 saturated carbocycles. The summed E-state index contributed by atoms with van der Waals surface area (Å²) in [6.45, 7) is 0.926. The molecule has 0 bridgehead atoms. The van der Waals surface area contributed by atoms with Crippen LogP contribution in [0.15, 0.2) is 30.3 Å². The third kappa shape index (κ3) is 4.35. The van der Waals surface area contributed by atoms with Crippen molar-refractivity contribution in [1.29, 1.82) is 0 Å². The number of halogens is 1. The Balaban J connectivity index is 1.71. The summed E-state index contributed by atoms with van der Waals surface area (Å²) in [6.07, 6.45) is 0. The molecule has 0 unspecified atom stereocenters. The van der Waals surface area contributed by atoms with Crippen molar-refractivity contribution in [3.63, 3.8) is 0 Å². The van der Waals surface area contributed by atoms with E-state index in [-0.39, 0.29) is 11.0 Å². The number of benzene rings is 2. The number of nitrogens with one attached hydrogen (secondary N) is 2. The van der Waals surface area contributed by atoms with Gasteiger partial charge in [0.1, 0.15) is 24.7 Å². The lowest BCUT2D eigenvalue weighted by molar-refractivity contribution is 0.0976. The van der Waals surface area contributed by atoms with Gasteiger partial charge in [-0.3, -0.25) is 10.1 Å². The second-order valence-corrected chi connectivity index (χ2v) is 6.27. The van der Waals surface area contributed by atoms with Crippen LogP contribution in [0, 0.1) is 0 Å². The zero-order valence-corrected chi connectivity index (χ0v) is 16.2. The molecule has 9 heteroatoms. The van der Waals surface area contributed by atoms with E-state index in [9.17, 15) is 4.79 Å². The Morgan fingerprint density at radius 2 is 1.78 bits per heavy atom. The first-order valence-electron chi connectivity index (χ1n) is 7.95. The maximum atomic E-state index is 12.5. The summed E-state index contributed by atoms with van der Waals surface area (Å²) in [5, 5.41) is 6.01. The first-order valence-corrected chi connectivity index (χ1v) is 8.74. The normalized spacial score (nSPS) is 12.1. The molecule has 0 saturated heterocycles. The molecule has 3 rings (SSSR count). The number of amides is 1. The lowest BCUT2D eigenvalue weighted by Gasteiger charge is -2.19. The molecular formula is C18H17ClN2O5S. The number of ether oxygens (including phenoxy) is 4. The highest BCUT2D eigenvalue weighted by Gasteiger charge is 2.17. The average molecular weight is 409 g/mol. The maximum absolute atomic E-state index is 12.5. The van der Waals surface area contributed by atoms with Gasteiger partial charge in [0.05, 0.1) is 24.9 Å².